The van der Waals surface area contributed by atoms with E-state index in [0.29, 0.717) is 10.8 Å². The Kier molecular flexibility index (Phi) is 3.02. The molecule has 0 bridgehead atoms. The van der Waals surface area contributed by atoms with Gasteiger partial charge in [-0.3, -0.25) is 0 Å². The van der Waals surface area contributed by atoms with Crippen molar-refractivity contribution in [2.45, 2.75) is 0 Å². The average Bonchev–Trinajstić information content (AvgIpc) is 2.33. The third-order valence-corrected chi connectivity index (χ3v) is 3.03. The summed E-state index contributed by atoms with van der Waals surface area (Å²) in [6.45, 7) is 0. The Hall–Kier alpha value is -1.62. The molecule has 0 heterocycles. The molecule has 2 N–H and O–H groups in total. The van der Waals surface area contributed by atoms with Gasteiger partial charge in [0.1, 0.15) is 0 Å². The molecule has 0 aliphatic carbocycles. The van der Waals surface area contributed by atoms with Crippen LogP contribution in [0, 0.1) is 0 Å². The summed E-state index contributed by atoms with van der Waals surface area (Å²) in [7, 11) is 2.81. The number of phenols is 2. The van der Waals surface area contributed by atoms with E-state index in [1.807, 2.05) is 0 Å². The van der Waals surface area contributed by atoms with Crippen LogP contribution >= 0.6 is 15.9 Å². The van der Waals surface area contributed by atoms with Crippen molar-refractivity contribution in [1.29, 1.82) is 0 Å². The summed E-state index contributed by atoms with van der Waals surface area (Å²) < 4.78 is 10.9. The second kappa shape index (κ2) is 4.33. The van der Waals surface area contributed by atoms with E-state index in [2.05, 4.69) is 15.9 Å². The Morgan fingerprint density at radius 1 is 0.941 bits per heavy atom. The second-order valence-corrected chi connectivity index (χ2v) is 4.37. The summed E-state index contributed by atoms with van der Waals surface area (Å²) in [6.07, 6.45) is 0. The minimum atomic E-state index is -0.0570. The van der Waals surface area contributed by atoms with Crippen molar-refractivity contribution in [2.24, 2.45) is 0 Å². The monoisotopic (exact) mass is 298 g/mol. The summed E-state index contributed by atoms with van der Waals surface area (Å²) in [5.74, 6) is 0.138. The normalized spacial score (nSPS) is 10.5. The maximum Gasteiger partial charge on any atom is 0.207 e. The summed E-state index contributed by atoms with van der Waals surface area (Å²) >= 11 is 3.31. The minimum absolute atomic E-state index is 0.0512. The van der Waals surface area contributed by atoms with Crippen LogP contribution in [0.1, 0.15) is 0 Å². The number of hydrogen-bond acceptors (Lipinski definition) is 4. The Bertz CT molecular complexity index is 580. The summed E-state index contributed by atoms with van der Waals surface area (Å²) in [6, 6.07) is 5.16. The van der Waals surface area contributed by atoms with Crippen LogP contribution in [0.5, 0.6) is 23.0 Å². The molecule has 0 atom stereocenters. The van der Waals surface area contributed by atoms with E-state index < -0.39 is 0 Å². The van der Waals surface area contributed by atoms with E-state index in [-0.39, 0.29) is 23.0 Å². The molecule has 0 radical (unpaired) electrons. The lowest BCUT2D eigenvalue weighted by Gasteiger charge is -2.14. The first-order valence-corrected chi connectivity index (χ1v) is 5.64. The zero-order valence-corrected chi connectivity index (χ0v) is 10.9. The third kappa shape index (κ3) is 1.76. The Morgan fingerprint density at radius 2 is 1.47 bits per heavy atom. The van der Waals surface area contributed by atoms with Crippen LogP contribution in [0.2, 0.25) is 0 Å². The molecule has 2 aromatic carbocycles. The number of methoxy groups -OCH3 is 2. The molecule has 5 heteroatoms. The number of benzene rings is 2. The molecular weight excluding hydrogens is 288 g/mol. The standard InChI is InChI=1S/C12H11BrO4/c1-16-11-9(14)7-4-3-6(13)5-8(7)10(15)12(11)17-2/h3-5,14-15H,1-2H3. The number of halogens is 1. The zero-order chi connectivity index (χ0) is 12.6. The fraction of sp³-hybridized carbons (Fsp3) is 0.167. The van der Waals surface area contributed by atoms with Crippen molar-refractivity contribution >= 4 is 26.7 Å². The fourth-order valence-electron chi connectivity index (χ4n) is 1.76. The van der Waals surface area contributed by atoms with Crippen LogP contribution in [-0.4, -0.2) is 24.4 Å². The van der Waals surface area contributed by atoms with E-state index in [4.69, 9.17) is 9.47 Å². The molecule has 0 saturated carbocycles. The van der Waals surface area contributed by atoms with Gasteiger partial charge in [0.25, 0.3) is 0 Å². The largest absolute Gasteiger partial charge is 0.504 e. The topological polar surface area (TPSA) is 58.9 Å². The second-order valence-electron chi connectivity index (χ2n) is 3.45. The average molecular weight is 299 g/mol. The van der Waals surface area contributed by atoms with E-state index in [9.17, 15) is 10.2 Å². The number of rotatable bonds is 2. The van der Waals surface area contributed by atoms with E-state index >= 15 is 0 Å². The van der Waals surface area contributed by atoms with Crippen LogP contribution in [0.15, 0.2) is 22.7 Å². The molecule has 0 saturated heterocycles. The maximum absolute atomic E-state index is 10.1. The number of aromatic hydroxyl groups is 2. The highest BCUT2D eigenvalue weighted by Gasteiger charge is 2.20. The van der Waals surface area contributed by atoms with E-state index in [1.165, 1.54) is 14.2 Å². The van der Waals surface area contributed by atoms with Gasteiger partial charge in [-0.2, -0.15) is 0 Å². The molecular formula is C12H11BrO4. The van der Waals surface area contributed by atoms with E-state index in [0.717, 1.165) is 4.47 Å². The summed E-state index contributed by atoms with van der Waals surface area (Å²) in [4.78, 5) is 0. The first-order chi connectivity index (χ1) is 8.10. The number of phenolic OH excluding ortho intramolecular Hbond substituents is 2. The van der Waals surface area contributed by atoms with Gasteiger partial charge >= 0.3 is 0 Å². The summed E-state index contributed by atoms with van der Waals surface area (Å²) in [5.41, 5.74) is 0. The van der Waals surface area contributed by atoms with Crippen LogP contribution in [0.25, 0.3) is 10.8 Å². The Morgan fingerprint density at radius 3 is 2.00 bits per heavy atom. The van der Waals surface area contributed by atoms with Crippen LogP contribution in [0.3, 0.4) is 0 Å². The molecule has 0 aromatic heterocycles. The highest BCUT2D eigenvalue weighted by atomic mass is 79.9. The number of ether oxygens (including phenoxy) is 2. The molecule has 0 unspecified atom stereocenters. The fourth-order valence-corrected chi connectivity index (χ4v) is 2.12. The van der Waals surface area contributed by atoms with Gasteiger partial charge < -0.3 is 19.7 Å². The molecule has 4 nitrogen and oxygen atoms in total. The van der Waals surface area contributed by atoms with Gasteiger partial charge in [-0.05, 0) is 18.2 Å². The Labute approximate surface area is 107 Å². The van der Waals surface area contributed by atoms with Gasteiger partial charge in [-0.15, -0.1) is 0 Å². The minimum Gasteiger partial charge on any atom is -0.504 e. The van der Waals surface area contributed by atoms with Crippen molar-refractivity contribution in [3.8, 4) is 23.0 Å². The van der Waals surface area contributed by atoms with E-state index in [1.54, 1.807) is 18.2 Å². The van der Waals surface area contributed by atoms with Gasteiger partial charge in [0.2, 0.25) is 11.5 Å². The molecule has 90 valence electrons. The highest BCUT2D eigenvalue weighted by molar-refractivity contribution is 9.10. The van der Waals surface area contributed by atoms with Crippen molar-refractivity contribution in [3.05, 3.63) is 22.7 Å². The van der Waals surface area contributed by atoms with Gasteiger partial charge in [-0.25, -0.2) is 0 Å². The SMILES string of the molecule is COc1c(OC)c(O)c2cc(Br)ccc2c1O. The molecule has 2 rings (SSSR count). The molecule has 0 spiro atoms. The molecule has 0 aliphatic heterocycles. The van der Waals surface area contributed by atoms with Crippen molar-refractivity contribution in [1.82, 2.24) is 0 Å². The predicted octanol–water partition coefficient (Wildman–Crippen LogP) is 3.03. The lowest BCUT2D eigenvalue weighted by atomic mass is 10.1. The van der Waals surface area contributed by atoms with Crippen LogP contribution < -0.4 is 9.47 Å². The lowest BCUT2D eigenvalue weighted by molar-refractivity contribution is 0.320. The van der Waals surface area contributed by atoms with Gasteiger partial charge in [0.05, 0.1) is 14.2 Å². The van der Waals surface area contributed by atoms with Gasteiger partial charge in [0, 0.05) is 15.2 Å². The number of hydrogen-bond donors (Lipinski definition) is 2. The number of fused-ring (bicyclic) bond motifs is 1. The molecule has 17 heavy (non-hydrogen) atoms. The third-order valence-electron chi connectivity index (χ3n) is 2.54. The zero-order valence-electron chi connectivity index (χ0n) is 9.32. The predicted molar refractivity (Wildman–Crippen MR) is 68.1 cm³/mol. The van der Waals surface area contributed by atoms with Gasteiger partial charge in [0.15, 0.2) is 11.5 Å². The van der Waals surface area contributed by atoms with Crippen molar-refractivity contribution in [2.75, 3.05) is 14.2 Å². The molecule has 2 aromatic rings. The Balaban J connectivity index is 2.94. The molecule has 0 amide bonds. The molecule has 0 fully saturated rings. The first-order valence-electron chi connectivity index (χ1n) is 4.85. The quantitative estimate of drug-likeness (QED) is 0.837. The smallest absolute Gasteiger partial charge is 0.207 e. The first kappa shape index (κ1) is 11.9. The van der Waals surface area contributed by atoms with Crippen molar-refractivity contribution in [3.63, 3.8) is 0 Å². The van der Waals surface area contributed by atoms with Crippen molar-refractivity contribution < 1.29 is 19.7 Å². The highest BCUT2D eigenvalue weighted by Crippen LogP contribution is 2.50. The molecule has 0 aliphatic rings. The summed E-state index contributed by atoms with van der Waals surface area (Å²) in [5, 5.41) is 21.1. The maximum atomic E-state index is 10.1. The van der Waals surface area contributed by atoms with Gasteiger partial charge in [-0.1, -0.05) is 15.9 Å². The lowest BCUT2D eigenvalue weighted by Crippen LogP contribution is -1.93. The van der Waals surface area contributed by atoms with Crippen LogP contribution in [0.4, 0.5) is 0 Å². The van der Waals surface area contributed by atoms with Crippen LogP contribution in [-0.2, 0) is 0 Å².